The number of carbonyl (C=O) groups excluding carboxylic acids is 2. The summed E-state index contributed by atoms with van der Waals surface area (Å²) in [6.45, 7) is 9.45. The summed E-state index contributed by atoms with van der Waals surface area (Å²) in [5.41, 5.74) is 4.85. The lowest BCUT2D eigenvalue weighted by molar-refractivity contribution is -0.118. The third-order valence-electron chi connectivity index (χ3n) is 2.84. The molecule has 106 valence electrons. The molecule has 0 bridgehead atoms. The number of amides is 1. The van der Waals surface area contributed by atoms with E-state index in [9.17, 15) is 9.59 Å². The summed E-state index contributed by atoms with van der Waals surface area (Å²) in [6, 6.07) is 0. The van der Waals surface area contributed by atoms with E-state index in [1.807, 2.05) is 34.6 Å². The van der Waals surface area contributed by atoms with Crippen LogP contribution in [0.25, 0.3) is 0 Å². The van der Waals surface area contributed by atoms with Gasteiger partial charge in [-0.05, 0) is 5.92 Å². The Morgan fingerprint density at radius 1 is 1.26 bits per heavy atom. The number of nitrogens with zero attached hydrogens (tertiary/aromatic N) is 2. The van der Waals surface area contributed by atoms with Crippen LogP contribution in [0, 0.1) is 11.8 Å². The van der Waals surface area contributed by atoms with Crippen molar-refractivity contribution in [2.24, 2.45) is 17.6 Å². The van der Waals surface area contributed by atoms with E-state index >= 15 is 0 Å². The lowest BCUT2D eigenvalue weighted by Crippen LogP contribution is -2.27. The van der Waals surface area contributed by atoms with Gasteiger partial charge in [0.15, 0.2) is 0 Å². The van der Waals surface area contributed by atoms with Gasteiger partial charge in [0.1, 0.15) is 0 Å². The Kier molecular flexibility index (Phi) is 4.44. The third kappa shape index (κ3) is 3.87. The summed E-state index contributed by atoms with van der Waals surface area (Å²) in [5, 5.41) is 7.65. The summed E-state index contributed by atoms with van der Waals surface area (Å²) in [5.74, 6) is -1.03. The molecule has 1 rings (SSSR count). The molecular weight excluding hydrogens is 246 g/mol. The fourth-order valence-corrected chi connectivity index (χ4v) is 1.63. The molecule has 0 aromatic carbocycles. The van der Waals surface area contributed by atoms with Crippen molar-refractivity contribution in [3.05, 3.63) is 11.8 Å². The van der Waals surface area contributed by atoms with Crippen LogP contribution >= 0.6 is 0 Å². The first-order valence-corrected chi connectivity index (χ1v) is 6.29. The number of ketones is 1. The zero-order chi connectivity index (χ0) is 14.8. The van der Waals surface area contributed by atoms with Crippen molar-refractivity contribution in [3.8, 4) is 0 Å². The molecule has 1 aromatic heterocycles. The molecule has 0 aliphatic rings. The first kappa shape index (κ1) is 15.3. The molecule has 0 spiro atoms. The van der Waals surface area contributed by atoms with Crippen molar-refractivity contribution in [2.45, 2.75) is 46.5 Å². The van der Waals surface area contributed by atoms with E-state index < -0.39 is 11.8 Å². The highest BCUT2D eigenvalue weighted by Gasteiger charge is 2.31. The zero-order valence-corrected chi connectivity index (χ0v) is 12.1. The van der Waals surface area contributed by atoms with Gasteiger partial charge >= 0.3 is 0 Å². The van der Waals surface area contributed by atoms with Gasteiger partial charge in [-0.3, -0.25) is 9.59 Å². The van der Waals surface area contributed by atoms with Crippen LogP contribution in [0.1, 0.15) is 57.6 Å². The van der Waals surface area contributed by atoms with Crippen molar-refractivity contribution in [2.75, 3.05) is 0 Å². The van der Waals surface area contributed by atoms with Gasteiger partial charge in [-0.2, -0.15) is 0 Å². The largest absolute Gasteiger partial charge is 0.418 e. The molecule has 6 nitrogen and oxygen atoms in total. The second-order valence-electron chi connectivity index (χ2n) is 6.05. The number of carbonyl (C=O) groups is 2. The van der Waals surface area contributed by atoms with Crippen molar-refractivity contribution in [3.63, 3.8) is 0 Å². The molecule has 1 heterocycles. The molecule has 0 aliphatic heterocycles. The maximum atomic E-state index is 12.3. The first-order chi connectivity index (χ1) is 8.62. The highest BCUT2D eigenvalue weighted by molar-refractivity contribution is 5.96. The van der Waals surface area contributed by atoms with E-state index in [4.69, 9.17) is 10.2 Å². The van der Waals surface area contributed by atoms with Crippen LogP contribution in [0.15, 0.2) is 4.42 Å². The van der Waals surface area contributed by atoms with Gasteiger partial charge in [0.25, 0.3) is 5.89 Å². The average Bonchev–Trinajstić information content (AvgIpc) is 2.72. The van der Waals surface area contributed by atoms with Gasteiger partial charge in [0.2, 0.25) is 17.6 Å². The molecule has 2 N–H and O–H groups in total. The van der Waals surface area contributed by atoms with E-state index in [1.54, 1.807) is 0 Å². The van der Waals surface area contributed by atoms with Gasteiger partial charge in [0.05, 0.1) is 0 Å². The standard InChI is InChI=1S/C13H21N3O3/c1-7(2)8(6-9(14)17)10(18)11-15-16-12(19-11)13(3,4)5/h7-8H,6H2,1-5H3,(H2,14,17). The fraction of sp³-hybridized carbons (Fsp3) is 0.692. The SMILES string of the molecule is CC(C)C(CC(N)=O)C(=O)c1nnc(C(C)(C)C)o1. The fourth-order valence-electron chi connectivity index (χ4n) is 1.63. The van der Waals surface area contributed by atoms with Crippen molar-refractivity contribution in [1.29, 1.82) is 0 Å². The molecule has 1 aromatic rings. The maximum absolute atomic E-state index is 12.3. The number of aromatic nitrogens is 2. The number of hydrogen-bond donors (Lipinski definition) is 1. The van der Waals surface area contributed by atoms with Gasteiger partial charge in [0, 0.05) is 17.8 Å². The van der Waals surface area contributed by atoms with Crippen LogP contribution < -0.4 is 5.73 Å². The Bertz CT molecular complexity index is 472. The first-order valence-electron chi connectivity index (χ1n) is 6.29. The van der Waals surface area contributed by atoms with Crippen LogP contribution in [-0.2, 0) is 10.2 Å². The Hall–Kier alpha value is -1.72. The Labute approximate surface area is 112 Å². The van der Waals surface area contributed by atoms with Crippen LogP contribution in [0.2, 0.25) is 0 Å². The molecule has 0 saturated carbocycles. The van der Waals surface area contributed by atoms with Crippen LogP contribution in [0.3, 0.4) is 0 Å². The Balaban J connectivity index is 2.97. The maximum Gasteiger partial charge on any atom is 0.284 e. The molecule has 0 fully saturated rings. The topological polar surface area (TPSA) is 99.1 Å². The van der Waals surface area contributed by atoms with Gasteiger partial charge < -0.3 is 10.2 Å². The molecule has 1 amide bonds. The van der Waals surface area contributed by atoms with Crippen molar-refractivity contribution in [1.82, 2.24) is 10.2 Å². The minimum Gasteiger partial charge on any atom is -0.418 e. The summed E-state index contributed by atoms with van der Waals surface area (Å²) < 4.78 is 5.40. The molecule has 19 heavy (non-hydrogen) atoms. The zero-order valence-electron chi connectivity index (χ0n) is 12.1. The Morgan fingerprint density at radius 3 is 2.21 bits per heavy atom. The molecule has 6 heteroatoms. The predicted octanol–water partition coefficient (Wildman–Crippen LogP) is 1.70. The monoisotopic (exact) mass is 267 g/mol. The number of rotatable bonds is 5. The summed E-state index contributed by atoms with van der Waals surface area (Å²) in [6.07, 6.45) is -0.0102. The molecular formula is C13H21N3O3. The summed E-state index contributed by atoms with van der Waals surface area (Å²) in [7, 11) is 0. The smallest absolute Gasteiger partial charge is 0.284 e. The number of nitrogens with two attached hydrogens (primary N) is 1. The second-order valence-corrected chi connectivity index (χ2v) is 6.05. The highest BCUT2D eigenvalue weighted by Crippen LogP contribution is 2.24. The minimum atomic E-state index is -0.522. The lowest BCUT2D eigenvalue weighted by atomic mass is 9.88. The molecule has 0 radical (unpaired) electrons. The van der Waals surface area contributed by atoms with Gasteiger partial charge in [-0.25, -0.2) is 0 Å². The van der Waals surface area contributed by atoms with E-state index in [1.165, 1.54) is 0 Å². The van der Waals surface area contributed by atoms with Crippen LogP contribution in [0.5, 0.6) is 0 Å². The number of hydrogen-bond acceptors (Lipinski definition) is 5. The minimum absolute atomic E-state index is 0.0102. The van der Waals surface area contributed by atoms with E-state index in [-0.39, 0.29) is 29.4 Å². The van der Waals surface area contributed by atoms with Gasteiger partial charge in [-0.15, -0.1) is 10.2 Å². The molecule has 0 aliphatic carbocycles. The number of primary amides is 1. The quantitative estimate of drug-likeness (QED) is 0.818. The van der Waals surface area contributed by atoms with Crippen LogP contribution in [-0.4, -0.2) is 21.9 Å². The van der Waals surface area contributed by atoms with Gasteiger partial charge in [-0.1, -0.05) is 34.6 Å². The van der Waals surface area contributed by atoms with Crippen LogP contribution in [0.4, 0.5) is 0 Å². The third-order valence-corrected chi connectivity index (χ3v) is 2.84. The molecule has 0 saturated heterocycles. The summed E-state index contributed by atoms with van der Waals surface area (Å²) in [4.78, 5) is 23.3. The van der Waals surface area contributed by atoms with E-state index in [2.05, 4.69) is 10.2 Å². The normalized spacial score (nSPS) is 13.6. The summed E-state index contributed by atoms with van der Waals surface area (Å²) >= 11 is 0. The predicted molar refractivity (Wildman–Crippen MR) is 69.5 cm³/mol. The second kappa shape index (κ2) is 5.50. The van der Waals surface area contributed by atoms with E-state index in [0.717, 1.165) is 0 Å². The van der Waals surface area contributed by atoms with Crippen molar-refractivity contribution >= 4 is 11.7 Å². The highest BCUT2D eigenvalue weighted by atomic mass is 16.4. The Morgan fingerprint density at radius 2 is 1.84 bits per heavy atom. The lowest BCUT2D eigenvalue weighted by Gasteiger charge is -2.16. The van der Waals surface area contributed by atoms with Crippen molar-refractivity contribution < 1.29 is 14.0 Å². The molecule has 1 unspecified atom stereocenters. The number of Topliss-reactive ketones (excluding diaryl/α,β-unsaturated/α-hetero) is 1. The average molecular weight is 267 g/mol. The van der Waals surface area contributed by atoms with E-state index in [0.29, 0.717) is 5.89 Å². The molecule has 1 atom stereocenters.